The van der Waals surface area contributed by atoms with Crippen molar-refractivity contribution in [2.45, 2.75) is 284 Å². The number of hydrogen-bond donors (Lipinski definition) is 0. The average molecular weight is 962 g/mol. The van der Waals surface area contributed by atoms with Crippen molar-refractivity contribution < 1.29 is 28.6 Å². The molecule has 396 valence electrons. The molecule has 0 aromatic rings. The summed E-state index contributed by atoms with van der Waals surface area (Å²) in [5, 5.41) is 0. The highest BCUT2D eigenvalue weighted by molar-refractivity contribution is 5.71. The van der Waals surface area contributed by atoms with Gasteiger partial charge >= 0.3 is 17.9 Å². The van der Waals surface area contributed by atoms with Gasteiger partial charge in [-0.2, -0.15) is 0 Å². The van der Waals surface area contributed by atoms with Gasteiger partial charge in [0, 0.05) is 19.3 Å². The van der Waals surface area contributed by atoms with E-state index in [1.807, 2.05) is 0 Å². The number of carbonyl (C=O) groups excluding carboxylic acids is 3. The highest BCUT2D eigenvalue weighted by Gasteiger charge is 2.19. The monoisotopic (exact) mass is 961 g/mol. The summed E-state index contributed by atoms with van der Waals surface area (Å²) < 4.78 is 16.8. The molecule has 0 aromatic carbocycles. The normalized spacial score (nSPS) is 12.7. The van der Waals surface area contributed by atoms with Gasteiger partial charge in [-0.05, 0) is 116 Å². The molecule has 0 spiro atoms. The molecule has 69 heavy (non-hydrogen) atoms. The van der Waals surface area contributed by atoms with Gasteiger partial charge in [-0.15, -0.1) is 0 Å². The average Bonchev–Trinajstić information content (AvgIpc) is 3.35. The predicted octanol–water partition coefficient (Wildman–Crippen LogP) is 19.5. The molecule has 0 heterocycles. The fraction of sp³-hybridized carbons (Fsp3) is 0.730. The number of unbranched alkanes of at least 4 members (excludes halogenated alkanes) is 27. The molecule has 0 N–H and O–H groups in total. The molecule has 0 saturated heterocycles. The first kappa shape index (κ1) is 65.6. The van der Waals surface area contributed by atoms with Crippen molar-refractivity contribution in [3.8, 4) is 0 Å². The summed E-state index contributed by atoms with van der Waals surface area (Å²) in [5.41, 5.74) is 0. The van der Waals surface area contributed by atoms with Crippen LogP contribution in [0, 0.1) is 0 Å². The molecule has 0 bridgehead atoms. The van der Waals surface area contributed by atoms with E-state index >= 15 is 0 Å². The molecule has 6 heteroatoms. The Morgan fingerprint density at radius 1 is 0.290 bits per heavy atom. The van der Waals surface area contributed by atoms with Gasteiger partial charge in [0.25, 0.3) is 0 Å². The third-order valence-electron chi connectivity index (χ3n) is 12.3. The first-order chi connectivity index (χ1) is 34.0. The van der Waals surface area contributed by atoms with Gasteiger partial charge in [0.15, 0.2) is 6.10 Å². The Labute approximate surface area is 426 Å². The standard InChI is InChI=1S/C63H108O6/c1-4-7-10-13-16-19-22-25-28-31-34-37-40-43-46-49-52-55-61(64)67-58-60(69-63(66)57-54-51-48-45-42-39-36-33-30-27-24-21-18-15-12-9-6-3)59-68-62(65)56-53-50-47-44-41-38-35-32-29-26-23-20-17-14-11-8-5-2/h16,18-19,21,25-30,34,37,43,46,60H,4-15,17,20,22-24,31-33,35-36,38-42,44-45,47-59H2,1-3H3/b19-16-,21-18-,28-25-,29-26-,30-27-,37-34-,46-43-/t60-/m0/s1. The third kappa shape index (κ3) is 55.4. The van der Waals surface area contributed by atoms with Crippen molar-refractivity contribution in [1.29, 1.82) is 0 Å². The van der Waals surface area contributed by atoms with Crippen LogP contribution in [0.15, 0.2) is 85.1 Å². The van der Waals surface area contributed by atoms with Crippen LogP contribution in [0.25, 0.3) is 0 Å². The van der Waals surface area contributed by atoms with Crippen LogP contribution in [-0.2, 0) is 28.6 Å². The molecule has 0 aromatic heterocycles. The number of esters is 3. The van der Waals surface area contributed by atoms with Gasteiger partial charge in [0.1, 0.15) is 13.2 Å². The first-order valence-corrected chi connectivity index (χ1v) is 29.1. The van der Waals surface area contributed by atoms with E-state index in [9.17, 15) is 14.4 Å². The van der Waals surface area contributed by atoms with Crippen molar-refractivity contribution in [2.24, 2.45) is 0 Å². The first-order valence-electron chi connectivity index (χ1n) is 29.1. The van der Waals surface area contributed by atoms with Crippen molar-refractivity contribution in [3.05, 3.63) is 85.1 Å². The molecule has 0 radical (unpaired) electrons. The molecular formula is C63H108O6. The number of ether oxygens (including phenoxy) is 3. The quantitative estimate of drug-likeness (QED) is 0.0262. The van der Waals surface area contributed by atoms with Crippen LogP contribution < -0.4 is 0 Å². The van der Waals surface area contributed by atoms with E-state index in [-0.39, 0.29) is 37.5 Å². The fourth-order valence-electron chi connectivity index (χ4n) is 7.93. The molecule has 0 aliphatic heterocycles. The van der Waals surface area contributed by atoms with Crippen LogP contribution in [0.3, 0.4) is 0 Å². The maximum absolute atomic E-state index is 12.9. The summed E-state index contributed by atoms with van der Waals surface area (Å²) >= 11 is 0. The summed E-state index contributed by atoms with van der Waals surface area (Å²) in [6, 6.07) is 0. The van der Waals surface area contributed by atoms with Crippen LogP contribution in [0.5, 0.6) is 0 Å². The lowest BCUT2D eigenvalue weighted by atomic mass is 10.1. The molecule has 1 atom stereocenters. The molecular weight excluding hydrogens is 853 g/mol. The SMILES string of the molecule is CCCCC/C=C\C/C=C\C/C=C\C/C=C\CCCC(=O)OC[C@@H](COC(=O)CCCCCCCCC/C=C\CCCCCCCC)OC(=O)CCCCCCCCC/C=C\C/C=C\CCCCC. The van der Waals surface area contributed by atoms with Crippen molar-refractivity contribution in [1.82, 2.24) is 0 Å². The molecule has 6 nitrogen and oxygen atoms in total. The van der Waals surface area contributed by atoms with Crippen molar-refractivity contribution in [2.75, 3.05) is 13.2 Å². The summed E-state index contributed by atoms with van der Waals surface area (Å²) in [7, 11) is 0. The van der Waals surface area contributed by atoms with Crippen LogP contribution in [0.2, 0.25) is 0 Å². The van der Waals surface area contributed by atoms with E-state index in [0.29, 0.717) is 19.3 Å². The smallest absolute Gasteiger partial charge is 0.306 e. The van der Waals surface area contributed by atoms with E-state index < -0.39 is 6.10 Å². The van der Waals surface area contributed by atoms with Gasteiger partial charge in [-0.1, -0.05) is 228 Å². The van der Waals surface area contributed by atoms with Gasteiger partial charge in [-0.25, -0.2) is 0 Å². The Hall–Kier alpha value is -3.41. The zero-order valence-electron chi connectivity index (χ0n) is 45.3. The lowest BCUT2D eigenvalue weighted by Gasteiger charge is -2.18. The van der Waals surface area contributed by atoms with Crippen LogP contribution in [0.4, 0.5) is 0 Å². The second-order valence-corrected chi connectivity index (χ2v) is 19.2. The largest absolute Gasteiger partial charge is 0.462 e. The highest BCUT2D eigenvalue weighted by atomic mass is 16.6. The van der Waals surface area contributed by atoms with Crippen LogP contribution in [0.1, 0.15) is 278 Å². The summed E-state index contributed by atoms with van der Waals surface area (Å²) in [6.07, 6.45) is 74.3. The predicted molar refractivity (Wildman–Crippen MR) is 297 cm³/mol. The van der Waals surface area contributed by atoms with Crippen molar-refractivity contribution in [3.63, 3.8) is 0 Å². The molecule has 0 amide bonds. The minimum Gasteiger partial charge on any atom is -0.462 e. The summed E-state index contributed by atoms with van der Waals surface area (Å²) in [6.45, 7) is 6.54. The van der Waals surface area contributed by atoms with Crippen LogP contribution in [-0.4, -0.2) is 37.2 Å². The second-order valence-electron chi connectivity index (χ2n) is 19.2. The van der Waals surface area contributed by atoms with Crippen LogP contribution >= 0.6 is 0 Å². The van der Waals surface area contributed by atoms with E-state index in [1.54, 1.807) is 0 Å². The number of carbonyl (C=O) groups is 3. The Balaban J connectivity index is 4.48. The Bertz CT molecular complexity index is 1330. The van der Waals surface area contributed by atoms with Crippen molar-refractivity contribution >= 4 is 17.9 Å². The third-order valence-corrected chi connectivity index (χ3v) is 12.3. The summed E-state index contributed by atoms with van der Waals surface area (Å²) in [5.74, 6) is -0.963. The minimum atomic E-state index is -0.805. The Kier molecular flexibility index (Phi) is 54.3. The van der Waals surface area contributed by atoms with Gasteiger partial charge in [-0.3, -0.25) is 14.4 Å². The summed E-state index contributed by atoms with van der Waals surface area (Å²) in [4.78, 5) is 38.2. The topological polar surface area (TPSA) is 78.9 Å². The van der Waals surface area contributed by atoms with E-state index in [4.69, 9.17) is 14.2 Å². The van der Waals surface area contributed by atoms with E-state index in [2.05, 4.69) is 106 Å². The maximum Gasteiger partial charge on any atom is 0.306 e. The molecule has 0 saturated carbocycles. The Morgan fingerprint density at radius 2 is 0.536 bits per heavy atom. The highest BCUT2D eigenvalue weighted by Crippen LogP contribution is 2.14. The van der Waals surface area contributed by atoms with Gasteiger partial charge in [0.2, 0.25) is 0 Å². The number of rotatable bonds is 52. The minimum absolute atomic E-state index is 0.0988. The van der Waals surface area contributed by atoms with E-state index in [0.717, 1.165) is 77.0 Å². The zero-order chi connectivity index (χ0) is 50.0. The molecule has 0 fully saturated rings. The second kappa shape index (κ2) is 57.2. The maximum atomic E-state index is 12.9. The van der Waals surface area contributed by atoms with E-state index in [1.165, 1.54) is 154 Å². The molecule has 0 rings (SSSR count). The van der Waals surface area contributed by atoms with Gasteiger partial charge in [0.05, 0.1) is 0 Å². The van der Waals surface area contributed by atoms with Gasteiger partial charge < -0.3 is 14.2 Å². The lowest BCUT2D eigenvalue weighted by molar-refractivity contribution is -0.167. The zero-order valence-corrected chi connectivity index (χ0v) is 45.3. The fourth-order valence-corrected chi connectivity index (χ4v) is 7.93. The molecule has 0 aliphatic rings. The Morgan fingerprint density at radius 3 is 0.913 bits per heavy atom. The number of allylic oxidation sites excluding steroid dienone is 14. The number of hydrogen-bond acceptors (Lipinski definition) is 6. The lowest BCUT2D eigenvalue weighted by Crippen LogP contribution is -2.30. The molecule has 0 unspecified atom stereocenters. The molecule has 0 aliphatic carbocycles.